The van der Waals surface area contributed by atoms with E-state index in [0.29, 0.717) is 11.1 Å². The molecule has 0 spiro atoms. The number of halogens is 1. The summed E-state index contributed by atoms with van der Waals surface area (Å²) in [6.45, 7) is 0.236. The van der Waals surface area contributed by atoms with Gasteiger partial charge in [0.25, 0.3) is 0 Å². The summed E-state index contributed by atoms with van der Waals surface area (Å²) < 4.78 is 19.4. The summed E-state index contributed by atoms with van der Waals surface area (Å²) in [5, 5.41) is 10.5. The minimum absolute atomic E-state index is 0.236. The van der Waals surface area contributed by atoms with Crippen LogP contribution in [0, 0.1) is 5.82 Å². The first-order valence-corrected chi connectivity index (χ1v) is 8.05. The molecule has 100 valence electrons. The number of benzene rings is 2. The normalized spacial score (nSPS) is 12.1. The SMILES string of the molecule is OC(COc1ccc(F)cc1)C[Se]c1ccccc1. The van der Waals surface area contributed by atoms with Gasteiger partial charge in [-0.25, -0.2) is 0 Å². The van der Waals surface area contributed by atoms with Crippen LogP contribution in [-0.2, 0) is 0 Å². The van der Waals surface area contributed by atoms with Crippen molar-refractivity contribution in [2.24, 2.45) is 0 Å². The van der Waals surface area contributed by atoms with Gasteiger partial charge in [0.1, 0.15) is 0 Å². The van der Waals surface area contributed by atoms with Crippen LogP contribution in [0.5, 0.6) is 5.75 Å². The van der Waals surface area contributed by atoms with Crippen molar-refractivity contribution in [3.8, 4) is 5.75 Å². The molecule has 0 heterocycles. The number of hydrogen-bond donors (Lipinski definition) is 1. The van der Waals surface area contributed by atoms with E-state index in [1.807, 2.05) is 18.2 Å². The van der Waals surface area contributed by atoms with Crippen LogP contribution in [0.25, 0.3) is 0 Å². The van der Waals surface area contributed by atoms with Gasteiger partial charge in [-0.3, -0.25) is 0 Å². The van der Waals surface area contributed by atoms with E-state index in [2.05, 4.69) is 12.1 Å². The number of aliphatic hydroxyl groups is 1. The van der Waals surface area contributed by atoms with E-state index in [1.165, 1.54) is 16.6 Å². The second-order valence-corrected chi connectivity index (χ2v) is 6.34. The Morgan fingerprint density at radius 2 is 1.74 bits per heavy atom. The molecule has 0 amide bonds. The molecule has 2 nitrogen and oxygen atoms in total. The predicted octanol–water partition coefficient (Wildman–Crippen LogP) is 2.01. The van der Waals surface area contributed by atoms with Gasteiger partial charge in [-0.15, -0.1) is 0 Å². The standard InChI is InChI=1S/C15H15FO2Se/c16-12-6-8-14(9-7-12)18-10-13(17)11-19-15-4-2-1-3-5-15/h1-9,13,17H,10-11H2. The Balaban J connectivity index is 1.72. The second kappa shape index (κ2) is 7.29. The van der Waals surface area contributed by atoms with Crippen LogP contribution >= 0.6 is 0 Å². The molecule has 4 heteroatoms. The van der Waals surface area contributed by atoms with Crippen molar-refractivity contribution in [1.29, 1.82) is 0 Å². The van der Waals surface area contributed by atoms with Gasteiger partial charge in [-0.2, -0.15) is 0 Å². The zero-order valence-corrected chi connectivity index (χ0v) is 12.0. The third kappa shape index (κ3) is 5.03. The summed E-state index contributed by atoms with van der Waals surface area (Å²) in [7, 11) is 0. The third-order valence-corrected chi connectivity index (χ3v) is 4.87. The fourth-order valence-corrected chi connectivity index (χ4v) is 3.22. The molecule has 1 unspecified atom stereocenters. The Morgan fingerprint density at radius 3 is 2.42 bits per heavy atom. The van der Waals surface area contributed by atoms with Gasteiger partial charge in [-0.05, 0) is 0 Å². The first kappa shape index (κ1) is 14.1. The molecule has 0 saturated heterocycles. The molecule has 2 rings (SSSR count). The van der Waals surface area contributed by atoms with Crippen molar-refractivity contribution < 1.29 is 14.2 Å². The molecule has 0 fully saturated rings. The zero-order chi connectivity index (χ0) is 13.5. The molecule has 0 bridgehead atoms. The Labute approximate surface area is 118 Å². The second-order valence-electron chi connectivity index (χ2n) is 4.04. The molecular formula is C15H15FO2Se. The van der Waals surface area contributed by atoms with E-state index < -0.39 is 6.10 Å². The predicted molar refractivity (Wildman–Crippen MR) is 74.5 cm³/mol. The monoisotopic (exact) mass is 326 g/mol. The van der Waals surface area contributed by atoms with Gasteiger partial charge in [-0.1, -0.05) is 0 Å². The fraction of sp³-hybridized carbons (Fsp3) is 0.200. The van der Waals surface area contributed by atoms with E-state index in [9.17, 15) is 9.50 Å². The third-order valence-electron chi connectivity index (χ3n) is 2.44. The van der Waals surface area contributed by atoms with Crippen molar-refractivity contribution >= 4 is 19.4 Å². The Morgan fingerprint density at radius 1 is 1.05 bits per heavy atom. The van der Waals surface area contributed by atoms with Crippen LogP contribution in [0.3, 0.4) is 0 Å². The number of aliphatic hydroxyl groups excluding tert-OH is 1. The van der Waals surface area contributed by atoms with Crippen LogP contribution in [0.15, 0.2) is 54.6 Å². The number of ether oxygens (including phenoxy) is 1. The average Bonchev–Trinajstić information content (AvgIpc) is 2.45. The van der Waals surface area contributed by atoms with Crippen LogP contribution in [0.4, 0.5) is 4.39 Å². The molecule has 0 aliphatic heterocycles. The van der Waals surface area contributed by atoms with Crippen LogP contribution in [0.1, 0.15) is 0 Å². The van der Waals surface area contributed by atoms with E-state index in [0.717, 1.165) is 0 Å². The first-order chi connectivity index (χ1) is 9.24. The van der Waals surface area contributed by atoms with E-state index >= 15 is 0 Å². The molecule has 0 aromatic heterocycles. The molecular weight excluding hydrogens is 310 g/mol. The molecule has 1 atom stereocenters. The summed E-state index contributed by atoms with van der Waals surface area (Å²) >= 11 is 0.243. The number of rotatable bonds is 6. The van der Waals surface area contributed by atoms with Crippen molar-refractivity contribution in [2.75, 3.05) is 6.61 Å². The fourth-order valence-electron chi connectivity index (χ4n) is 1.48. The van der Waals surface area contributed by atoms with Crippen molar-refractivity contribution in [2.45, 2.75) is 11.4 Å². The topological polar surface area (TPSA) is 29.5 Å². The summed E-state index contributed by atoms with van der Waals surface area (Å²) in [5.74, 6) is 0.285. The Hall–Kier alpha value is -1.35. The zero-order valence-electron chi connectivity index (χ0n) is 10.3. The Kier molecular flexibility index (Phi) is 5.40. The molecule has 0 aliphatic rings. The van der Waals surface area contributed by atoms with Crippen LogP contribution in [-0.4, -0.2) is 32.8 Å². The maximum atomic E-state index is 12.7. The van der Waals surface area contributed by atoms with Gasteiger partial charge in [0.2, 0.25) is 0 Å². The van der Waals surface area contributed by atoms with Gasteiger partial charge in [0, 0.05) is 0 Å². The Bertz CT molecular complexity index is 487. The molecule has 1 N–H and O–H groups in total. The van der Waals surface area contributed by atoms with Gasteiger partial charge >= 0.3 is 118 Å². The first-order valence-electron chi connectivity index (χ1n) is 5.98. The maximum absolute atomic E-state index is 12.7. The van der Waals surface area contributed by atoms with Crippen molar-refractivity contribution in [3.63, 3.8) is 0 Å². The quantitative estimate of drug-likeness (QED) is 0.824. The van der Waals surface area contributed by atoms with Crippen molar-refractivity contribution in [3.05, 3.63) is 60.4 Å². The summed E-state index contributed by atoms with van der Waals surface area (Å²) in [6.07, 6.45) is -0.495. The minimum atomic E-state index is -0.495. The van der Waals surface area contributed by atoms with Crippen LogP contribution in [0.2, 0.25) is 5.32 Å². The summed E-state index contributed by atoms with van der Waals surface area (Å²) in [5.41, 5.74) is 0. The molecule has 2 aromatic carbocycles. The molecule has 0 aliphatic carbocycles. The van der Waals surface area contributed by atoms with Crippen molar-refractivity contribution in [1.82, 2.24) is 0 Å². The molecule has 19 heavy (non-hydrogen) atoms. The molecule has 2 aromatic rings. The summed E-state index contributed by atoms with van der Waals surface area (Å²) in [4.78, 5) is 0. The summed E-state index contributed by atoms with van der Waals surface area (Å²) in [6, 6.07) is 15.9. The number of hydrogen-bond acceptors (Lipinski definition) is 2. The van der Waals surface area contributed by atoms with Crippen LogP contribution < -0.4 is 9.20 Å². The molecule has 0 saturated carbocycles. The van der Waals surface area contributed by atoms with E-state index in [-0.39, 0.29) is 27.4 Å². The molecule has 0 radical (unpaired) electrons. The van der Waals surface area contributed by atoms with Gasteiger partial charge in [0.05, 0.1) is 0 Å². The van der Waals surface area contributed by atoms with E-state index in [4.69, 9.17) is 4.74 Å². The van der Waals surface area contributed by atoms with Gasteiger partial charge < -0.3 is 0 Å². The van der Waals surface area contributed by atoms with E-state index in [1.54, 1.807) is 12.1 Å². The van der Waals surface area contributed by atoms with Gasteiger partial charge in [0.15, 0.2) is 0 Å². The average molecular weight is 325 g/mol.